The Balaban J connectivity index is 0. The van der Waals surface area contributed by atoms with Crippen LogP contribution in [-0.4, -0.2) is 82.2 Å². The lowest BCUT2D eigenvalue weighted by Gasteiger charge is -2.16. The van der Waals surface area contributed by atoms with Crippen LogP contribution in [0.1, 0.15) is 40.6 Å². The van der Waals surface area contributed by atoms with E-state index < -0.39 is 40.3 Å². The predicted octanol–water partition coefficient (Wildman–Crippen LogP) is 4.15. The molecule has 4 rings (SSSR count). The van der Waals surface area contributed by atoms with E-state index in [1.807, 2.05) is 19.1 Å². The monoisotopic (exact) mass is 797 g/mol. The molecule has 0 aromatic heterocycles. The molecule has 0 saturated heterocycles. The molecule has 16 heteroatoms. The number of hydrogen-bond donors (Lipinski definition) is 6. The molecule has 3 atom stereocenters. The first kappa shape index (κ1) is 50.7. The van der Waals surface area contributed by atoms with Crippen LogP contribution in [-0.2, 0) is 33.4 Å². The zero-order valence-electron chi connectivity index (χ0n) is 30.3. The van der Waals surface area contributed by atoms with E-state index in [2.05, 4.69) is 21.1 Å². The van der Waals surface area contributed by atoms with Gasteiger partial charge in [0.25, 0.3) is 21.9 Å². The van der Waals surface area contributed by atoms with Crippen molar-refractivity contribution in [3.05, 3.63) is 138 Å². The number of ether oxygens (including phenoxy) is 1. The average molecular weight is 799 g/mol. The van der Waals surface area contributed by atoms with Crippen LogP contribution in [0.15, 0.2) is 120 Å². The zero-order chi connectivity index (χ0) is 40.8. The van der Waals surface area contributed by atoms with Gasteiger partial charge < -0.3 is 36.4 Å². The minimum absolute atomic E-state index is 0.0166. The van der Waals surface area contributed by atoms with Crippen molar-refractivity contribution in [2.75, 3.05) is 40.7 Å². The van der Waals surface area contributed by atoms with Crippen LogP contribution in [0.3, 0.4) is 0 Å². The van der Waals surface area contributed by atoms with Gasteiger partial charge >= 0.3 is 5.97 Å². The van der Waals surface area contributed by atoms with Crippen molar-refractivity contribution in [2.45, 2.75) is 30.1 Å². The van der Waals surface area contributed by atoms with Crippen molar-refractivity contribution >= 4 is 51.1 Å². The number of hydrogen-bond acceptors (Lipinski definition) is 11. The largest absolute Gasteiger partial charge is 0.467 e. The predicted molar refractivity (Wildman–Crippen MR) is 206 cm³/mol. The lowest BCUT2D eigenvalue weighted by atomic mass is 10.1. The normalized spacial score (nSPS) is 11.3. The van der Waals surface area contributed by atoms with E-state index in [0.29, 0.717) is 16.7 Å². The maximum atomic E-state index is 12.3. The summed E-state index contributed by atoms with van der Waals surface area (Å²) in [7, 11) is 2.63. The summed E-state index contributed by atoms with van der Waals surface area (Å²) in [6.45, 7) is 1.86. The summed E-state index contributed by atoms with van der Waals surface area (Å²) in [5.74, 6) is -1.55. The highest BCUT2D eigenvalue weighted by atomic mass is 35.5. The number of alkyl halides is 2. The standard InChI is InChI=1S/C16H17NO4S.C9H11NO2.C9H10O3.CH2Cl2.CH5N.CH4O/c1-12-8-10-14(11-9-12)22(19,20)21-15(16(18)17-2)13-6-4-3-5-7-13;1-10-9(12)8(11)7-5-3-2-4-6-7;1-12-9(11)8(10)7-5-3-2-4-6-7;2-1-3;2*1-2/h3-11,15H,1-2H3,(H,17,18);2-6,8,11H,1H3,(H,10,12);2-6,8,10H,1H3;1H2;2H2,1H3;2H,1H3/t15-;2*8-;;;/m000.../s1. The molecular formula is C37H49Cl2N3O10S. The van der Waals surface area contributed by atoms with Gasteiger partial charge in [0.2, 0.25) is 0 Å². The lowest BCUT2D eigenvalue weighted by Crippen LogP contribution is -2.29. The van der Waals surface area contributed by atoms with Gasteiger partial charge in [-0.1, -0.05) is 109 Å². The number of nitrogens with two attached hydrogens (primary N) is 1. The summed E-state index contributed by atoms with van der Waals surface area (Å²) >= 11 is 9.53. The van der Waals surface area contributed by atoms with E-state index in [1.54, 1.807) is 91.0 Å². The molecule has 2 amide bonds. The number of methoxy groups -OCH3 is 1. The second kappa shape index (κ2) is 30.1. The molecule has 0 heterocycles. The number of nitrogens with one attached hydrogen (secondary N) is 2. The molecule has 4 aromatic rings. The maximum absolute atomic E-state index is 12.3. The highest BCUT2D eigenvalue weighted by molar-refractivity contribution is 7.86. The minimum Gasteiger partial charge on any atom is -0.467 e. The number of aliphatic hydroxyl groups is 3. The Hall–Kier alpha value is -4.38. The molecule has 0 fully saturated rings. The molecule has 4 aromatic carbocycles. The fourth-order valence-electron chi connectivity index (χ4n) is 3.70. The van der Waals surface area contributed by atoms with Crippen LogP contribution >= 0.6 is 23.2 Å². The van der Waals surface area contributed by atoms with E-state index in [-0.39, 0.29) is 16.1 Å². The topological polar surface area (TPSA) is 215 Å². The number of amides is 2. The second-order valence-corrected chi connectivity index (χ2v) is 12.0. The fourth-order valence-corrected chi connectivity index (χ4v) is 4.74. The Bertz CT molecular complexity index is 1600. The van der Waals surface area contributed by atoms with Gasteiger partial charge in [-0.25, -0.2) is 8.98 Å². The molecule has 0 aliphatic heterocycles. The summed E-state index contributed by atoms with van der Waals surface area (Å²) in [6.07, 6.45) is -3.45. The van der Waals surface area contributed by atoms with Gasteiger partial charge in [0.15, 0.2) is 18.3 Å². The molecule has 0 bridgehead atoms. The quantitative estimate of drug-likeness (QED) is 0.0804. The van der Waals surface area contributed by atoms with E-state index in [9.17, 15) is 33.0 Å². The highest BCUT2D eigenvalue weighted by Gasteiger charge is 2.28. The molecule has 53 heavy (non-hydrogen) atoms. The van der Waals surface area contributed by atoms with Gasteiger partial charge in [-0.15, -0.1) is 23.2 Å². The SMILES string of the molecule is CN.CNC(=O)[C@@H](O)c1ccccc1.CNC(=O)[C@@H](OS(=O)(=O)c1ccc(C)cc1)c1ccccc1.CO.COC(=O)[C@@H](O)c1ccccc1.ClCCl. The summed E-state index contributed by atoms with van der Waals surface area (Å²) < 4.78 is 34.2. The number of carbonyl (C=O) groups excluding carboxylic acids is 3. The molecule has 0 spiro atoms. The van der Waals surface area contributed by atoms with Gasteiger partial charge in [-0.05, 0) is 42.8 Å². The number of halogens is 2. The summed E-state index contributed by atoms with van der Waals surface area (Å²) in [5.41, 5.74) is 7.06. The van der Waals surface area contributed by atoms with Crippen molar-refractivity contribution in [2.24, 2.45) is 5.73 Å². The number of rotatable bonds is 9. The summed E-state index contributed by atoms with van der Waals surface area (Å²) in [5, 5.41) is 30.7. The van der Waals surface area contributed by atoms with Crippen molar-refractivity contribution in [1.82, 2.24) is 10.6 Å². The first-order chi connectivity index (χ1) is 25.4. The van der Waals surface area contributed by atoms with Crippen LogP contribution in [0.5, 0.6) is 0 Å². The molecule has 0 unspecified atom stereocenters. The van der Waals surface area contributed by atoms with E-state index >= 15 is 0 Å². The van der Waals surface area contributed by atoms with Gasteiger partial charge in [0, 0.05) is 21.2 Å². The van der Waals surface area contributed by atoms with Crippen LogP contribution in [0.4, 0.5) is 0 Å². The van der Waals surface area contributed by atoms with E-state index in [4.69, 9.17) is 32.5 Å². The number of benzene rings is 4. The third kappa shape index (κ3) is 19.9. The molecule has 292 valence electrons. The third-order valence-corrected chi connectivity index (χ3v) is 7.56. The van der Waals surface area contributed by atoms with Crippen LogP contribution in [0, 0.1) is 6.92 Å². The highest BCUT2D eigenvalue weighted by Crippen LogP contribution is 2.24. The Labute approximate surface area is 321 Å². The third-order valence-electron chi connectivity index (χ3n) is 6.27. The van der Waals surface area contributed by atoms with E-state index in [1.165, 1.54) is 40.4 Å². The van der Waals surface area contributed by atoms with Gasteiger partial charge in [-0.3, -0.25) is 9.59 Å². The van der Waals surface area contributed by atoms with Crippen molar-refractivity contribution in [1.29, 1.82) is 0 Å². The molecule has 0 saturated carbocycles. The first-order valence-corrected chi connectivity index (χ1v) is 18.0. The molecule has 7 N–H and O–H groups in total. The first-order valence-electron chi connectivity index (χ1n) is 15.5. The van der Waals surface area contributed by atoms with Crippen LogP contribution in [0.2, 0.25) is 0 Å². The molecule has 0 aliphatic rings. The average Bonchev–Trinajstić information content (AvgIpc) is 3.22. The number of likely N-dealkylation sites (N-methyl/N-ethyl adjacent to an activating group) is 2. The van der Waals surface area contributed by atoms with Crippen molar-refractivity contribution in [3.63, 3.8) is 0 Å². The van der Waals surface area contributed by atoms with Crippen LogP contribution in [0.25, 0.3) is 0 Å². The molecule has 0 aliphatic carbocycles. The Morgan fingerprint density at radius 1 is 0.679 bits per heavy atom. The molecule has 13 nitrogen and oxygen atoms in total. The van der Waals surface area contributed by atoms with Crippen LogP contribution < -0.4 is 16.4 Å². The zero-order valence-corrected chi connectivity index (χ0v) is 32.7. The van der Waals surface area contributed by atoms with E-state index in [0.717, 1.165) is 12.7 Å². The number of aryl methyl sites for hydroxylation is 1. The number of carbonyl (C=O) groups is 3. The number of aliphatic hydroxyl groups excluding tert-OH is 3. The Morgan fingerprint density at radius 2 is 1.04 bits per heavy atom. The number of esters is 1. The molecule has 0 radical (unpaired) electrons. The van der Waals surface area contributed by atoms with Crippen molar-refractivity contribution < 1.29 is 47.0 Å². The minimum atomic E-state index is -4.04. The Morgan fingerprint density at radius 3 is 1.40 bits per heavy atom. The second-order valence-electron chi connectivity index (χ2n) is 9.63. The van der Waals surface area contributed by atoms with Crippen molar-refractivity contribution in [3.8, 4) is 0 Å². The molecular weight excluding hydrogens is 749 g/mol. The Kier molecular flexibility index (Phi) is 28.8. The maximum Gasteiger partial charge on any atom is 0.339 e. The fraction of sp³-hybridized carbons (Fsp3) is 0.270. The van der Waals surface area contributed by atoms with Gasteiger partial charge in [-0.2, -0.15) is 8.42 Å². The van der Waals surface area contributed by atoms with Gasteiger partial charge in [0.1, 0.15) is 0 Å². The summed E-state index contributed by atoms with van der Waals surface area (Å²) in [4.78, 5) is 33.8. The summed E-state index contributed by atoms with van der Waals surface area (Å²) in [6, 6.07) is 32.2. The van der Waals surface area contributed by atoms with Gasteiger partial charge in [0.05, 0.1) is 17.3 Å². The smallest absolute Gasteiger partial charge is 0.339 e. The lowest BCUT2D eigenvalue weighted by molar-refractivity contribution is -0.150.